The Kier molecular flexibility index (Phi) is 3.53. The van der Waals surface area contributed by atoms with Gasteiger partial charge in [0.15, 0.2) is 0 Å². The molecule has 15 heavy (non-hydrogen) atoms. The highest BCUT2D eigenvalue weighted by atomic mass is 31.0. The maximum atomic E-state index is 2.84. The van der Waals surface area contributed by atoms with Crippen molar-refractivity contribution in [3.05, 3.63) is 71.8 Å². The highest BCUT2D eigenvalue weighted by Gasteiger charge is 2.10. The van der Waals surface area contributed by atoms with E-state index in [-0.39, 0.29) is 0 Å². The van der Waals surface area contributed by atoms with Crippen LogP contribution in [0.2, 0.25) is 0 Å². The summed E-state index contributed by atoms with van der Waals surface area (Å²) in [6.07, 6.45) is 1.06. The summed E-state index contributed by atoms with van der Waals surface area (Å²) in [5.74, 6) is 0.498. The van der Waals surface area contributed by atoms with E-state index in [0.717, 1.165) is 6.16 Å². The Balaban J connectivity index is 2.34. The van der Waals surface area contributed by atoms with Gasteiger partial charge in [-0.15, -0.1) is 9.24 Å². The summed E-state index contributed by atoms with van der Waals surface area (Å²) in [4.78, 5) is 0. The van der Waals surface area contributed by atoms with Crippen molar-refractivity contribution in [2.45, 2.75) is 5.92 Å². The molecule has 0 N–H and O–H groups in total. The second-order valence-corrected chi connectivity index (χ2v) is 4.08. The Morgan fingerprint density at radius 3 is 1.47 bits per heavy atom. The molecule has 2 aromatic carbocycles. The number of rotatable bonds is 3. The number of hydrogen-bond donors (Lipinski definition) is 0. The van der Waals surface area contributed by atoms with E-state index in [1.807, 2.05) is 0 Å². The fraction of sp³-hybridized carbons (Fsp3) is 0.143. The molecule has 0 fully saturated rings. The molecule has 0 aliphatic heterocycles. The van der Waals surface area contributed by atoms with E-state index in [1.54, 1.807) is 0 Å². The lowest BCUT2D eigenvalue weighted by atomic mass is 9.93. The van der Waals surface area contributed by atoms with Gasteiger partial charge in [-0.25, -0.2) is 0 Å². The predicted molar refractivity (Wildman–Crippen MR) is 69.3 cm³/mol. The molecule has 0 radical (unpaired) electrons. The van der Waals surface area contributed by atoms with Gasteiger partial charge in [-0.1, -0.05) is 60.7 Å². The minimum Gasteiger partial charge on any atom is -0.137 e. The van der Waals surface area contributed by atoms with Crippen LogP contribution in [0, 0.1) is 0 Å². The van der Waals surface area contributed by atoms with E-state index in [9.17, 15) is 0 Å². The van der Waals surface area contributed by atoms with E-state index in [0.29, 0.717) is 5.92 Å². The molecule has 0 aliphatic rings. The molecule has 0 nitrogen and oxygen atoms in total. The van der Waals surface area contributed by atoms with Crippen molar-refractivity contribution in [2.24, 2.45) is 0 Å². The summed E-state index contributed by atoms with van der Waals surface area (Å²) in [6.45, 7) is 0. The van der Waals surface area contributed by atoms with Crippen molar-refractivity contribution in [3.63, 3.8) is 0 Å². The molecule has 0 saturated heterocycles. The fourth-order valence-electron chi connectivity index (χ4n) is 1.84. The zero-order chi connectivity index (χ0) is 10.5. The van der Waals surface area contributed by atoms with Crippen molar-refractivity contribution in [1.82, 2.24) is 0 Å². The number of benzene rings is 2. The van der Waals surface area contributed by atoms with Crippen LogP contribution in [0.1, 0.15) is 17.0 Å². The summed E-state index contributed by atoms with van der Waals surface area (Å²) >= 11 is 0. The predicted octanol–water partition coefficient (Wildman–Crippen LogP) is 3.69. The summed E-state index contributed by atoms with van der Waals surface area (Å²) in [6, 6.07) is 21.3. The second-order valence-electron chi connectivity index (χ2n) is 3.61. The van der Waals surface area contributed by atoms with Gasteiger partial charge in [0.1, 0.15) is 0 Å². The maximum absolute atomic E-state index is 2.84. The quantitative estimate of drug-likeness (QED) is 0.683. The molecule has 0 amide bonds. The van der Waals surface area contributed by atoms with Gasteiger partial charge < -0.3 is 0 Å². The minimum atomic E-state index is 0.498. The van der Waals surface area contributed by atoms with Gasteiger partial charge in [-0.3, -0.25) is 0 Å². The third kappa shape index (κ3) is 2.46. The zero-order valence-electron chi connectivity index (χ0n) is 8.64. The van der Waals surface area contributed by atoms with E-state index >= 15 is 0 Å². The molecule has 2 rings (SSSR count). The lowest BCUT2D eigenvalue weighted by Gasteiger charge is -2.15. The number of hydrogen-bond acceptors (Lipinski definition) is 0. The van der Waals surface area contributed by atoms with Gasteiger partial charge >= 0.3 is 0 Å². The second kappa shape index (κ2) is 5.09. The van der Waals surface area contributed by atoms with Crippen molar-refractivity contribution >= 4 is 9.24 Å². The Morgan fingerprint density at radius 1 is 0.733 bits per heavy atom. The topological polar surface area (TPSA) is 0 Å². The van der Waals surface area contributed by atoms with Gasteiger partial charge in [0, 0.05) is 5.92 Å². The van der Waals surface area contributed by atoms with E-state index in [1.165, 1.54) is 11.1 Å². The van der Waals surface area contributed by atoms with Crippen LogP contribution in [-0.4, -0.2) is 6.16 Å². The average Bonchev–Trinajstić information content (AvgIpc) is 2.33. The normalized spacial score (nSPS) is 10.5. The van der Waals surface area contributed by atoms with Gasteiger partial charge in [0.2, 0.25) is 0 Å². The van der Waals surface area contributed by atoms with Crippen LogP contribution in [0.15, 0.2) is 60.7 Å². The first-order valence-electron chi connectivity index (χ1n) is 5.22. The molecule has 1 heteroatoms. The summed E-state index contributed by atoms with van der Waals surface area (Å²) in [5.41, 5.74) is 2.78. The van der Waals surface area contributed by atoms with Crippen LogP contribution in [-0.2, 0) is 0 Å². The summed E-state index contributed by atoms with van der Waals surface area (Å²) in [7, 11) is 2.84. The SMILES string of the molecule is PCC(c1ccccc1)c1ccccc1. The van der Waals surface area contributed by atoms with Crippen LogP contribution < -0.4 is 0 Å². The fourth-order valence-corrected chi connectivity index (χ4v) is 2.38. The smallest absolute Gasteiger partial charge is 0.0124 e. The van der Waals surface area contributed by atoms with Crippen molar-refractivity contribution in [3.8, 4) is 0 Å². The molecule has 0 saturated carbocycles. The first kappa shape index (κ1) is 10.4. The summed E-state index contributed by atoms with van der Waals surface area (Å²) < 4.78 is 0. The van der Waals surface area contributed by atoms with E-state index in [2.05, 4.69) is 69.9 Å². The van der Waals surface area contributed by atoms with Gasteiger partial charge in [0.25, 0.3) is 0 Å². The lowest BCUT2D eigenvalue weighted by molar-refractivity contribution is 0.937. The van der Waals surface area contributed by atoms with Crippen LogP contribution in [0.4, 0.5) is 0 Å². The van der Waals surface area contributed by atoms with Crippen LogP contribution >= 0.6 is 9.24 Å². The molecule has 76 valence electrons. The van der Waals surface area contributed by atoms with Crippen molar-refractivity contribution in [2.75, 3.05) is 6.16 Å². The first-order chi connectivity index (χ1) is 7.42. The minimum absolute atomic E-state index is 0.498. The molecule has 1 atom stereocenters. The molecule has 0 bridgehead atoms. The van der Waals surface area contributed by atoms with Gasteiger partial charge in [-0.05, 0) is 17.3 Å². The third-order valence-electron chi connectivity index (χ3n) is 2.64. The van der Waals surface area contributed by atoms with Gasteiger partial charge in [0.05, 0.1) is 0 Å². The molecule has 0 aromatic heterocycles. The molecule has 1 unspecified atom stereocenters. The van der Waals surface area contributed by atoms with Crippen molar-refractivity contribution < 1.29 is 0 Å². The van der Waals surface area contributed by atoms with Crippen LogP contribution in [0.25, 0.3) is 0 Å². The standard InChI is InChI=1S/C14H15P/c15-11-14(12-7-3-1-4-8-12)13-9-5-2-6-10-13/h1-10,14H,11,15H2. The van der Waals surface area contributed by atoms with E-state index < -0.39 is 0 Å². The first-order valence-corrected chi connectivity index (χ1v) is 6.03. The van der Waals surface area contributed by atoms with Crippen molar-refractivity contribution in [1.29, 1.82) is 0 Å². The maximum Gasteiger partial charge on any atom is 0.0124 e. The molecule has 2 aromatic rings. The molecule has 0 heterocycles. The highest BCUT2D eigenvalue weighted by Crippen LogP contribution is 2.25. The van der Waals surface area contributed by atoms with Gasteiger partial charge in [-0.2, -0.15) is 0 Å². The Morgan fingerprint density at radius 2 is 1.13 bits per heavy atom. The Labute approximate surface area is 93.5 Å². The molecular formula is C14H15P. The monoisotopic (exact) mass is 214 g/mol. The Bertz CT molecular complexity index is 355. The highest BCUT2D eigenvalue weighted by molar-refractivity contribution is 7.16. The lowest BCUT2D eigenvalue weighted by Crippen LogP contribution is -2.01. The van der Waals surface area contributed by atoms with Crippen LogP contribution in [0.5, 0.6) is 0 Å². The Hall–Kier alpha value is -1.13. The largest absolute Gasteiger partial charge is 0.137 e. The van der Waals surface area contributed by atoms with E-state index in [4.69, 9.17) is 0 Å². The molecular weight excluding hydrogens is 199 g/mol. The molecule has 0 spiro atoms. The third-order valence-corrected chi connectivity index (χ3v) is 3.11. The summed E-state index contributed by atoms with van der Waals surface area (Å²) in [5, 5.41) is 0. The average molecular weight is 214 g/mol. The molecule has 0 aliphatic carbocycles. The zero-order valence-corrected chi connectivity index (χ0v) is 9.79. The van der Waals surface area contributed by atoms with Crippen LogP contribution in [0.3, 0.4) is 0 Å².